The van der Waals surface area contributed by atoms with Gasteiger partial charge in [-0.3, -0.25) is 9.59 Å². The van der Waals surface area contributed by atoms with E-state index in [0.717, 1.165) is 35.5 Å². The second kappa shape index (κ2) is 7.53. The van der Waals surface area contributed by atoms with Crippen molar-refractivity contribution in [1.82, 2.24) is 0 Å². The largest absolute Gasteiger partial charge is 0.416 e. The highest BCUT2D eigenvalue weighted by atomic mass is 19.4. The molecule has 0 radical (unpaired) electrons. The first-order chi connectivity index (χ1) is 13.1. The van der Waals surface area contributed by atoms with Crippen molar-refractivity contribution in [3.63, 3.8) is 0 Å². The normalized spacial score (nSPS) is 14.4. The molecule has 0 unspecified atom stereocenters. The molecule has 0 saturated carbocycles. The Kier molecular flexibility index (Phi) is 5.31. The van der Waals surface area contributed by atoms with E-state index in [1.54, 1.807) is 17.9 Å². The van der Waals surface area contributed by atoms with Crippen LogP contribution in [0.25, 0.3) is 0 Å². The summed E-state index contributed by atoms with van der Waals surface area (Å²) in [5.74, 6) is -0.380. The number of fused-ring (bicyclic) bond motifs is 1. The zero-order valence-corrected chi connectivity index (χ0v) is 15.4. The summed E-state index contributed by atoms with van der Waals surface area (Å²) < 4.78 is 37.8. The van der Waals surface area contributed by atoms with Gasteiger partial charge in [-0.15, -0.1) is 0 Å². The Balaban J connectivity index is 1.63. The molecule has 5 nitrogen and oxygen atoms in total. The first-order valence-corrected chi connectivity index (χ1v) is 8.81. The smallest absolute Gasteiger partial charge is 0.374 e. The predicted octanol–water partition coefficient (Wildman–Crippen LogP) is 4.05. The van der Waals surface area contributed by atoms with E-state index < -0.39 is 17.8 Å². The van der Waals surface area contributed by atoms with Gasteiger partial charge in [0.1, 0.15) is 6.04 Å². The van der Waals surface area contributed by atoms with Crippen molar-refractivity contribution < 1.29 is 22.8 Å². The van der Waals surface area contributed by atoms with Gasteiger partial charge in [-0.05, 0) is 61.4 Å². The molecule has 8 heteroatoms. The Morgan fingerprint density at radius 3 is 2.32 bits per heavy atom. The number of nitrogens with one attached hydrogen (secondary N) is 2. The van der Waals surface area contributed by atoms with Crippen LogP contribution in [0.5, 0.6) is 0 Å². The molecule has 0 aliphatic carbocycles. The van der Waals surface area contributed by atoms with Crippen LogP contribution < -0.4 is 15.5 Å². The average molecular weight is 391 g/mol. The molecular formula is C20H20F3N3O2. The van der Waals surface area contributed by atoms with Gasteiger partial charge in [-0.2, -0.15) is 13.2 Å². The molecule has 2 aromatic rings. The van der Waals surface area contributed by atoms with Gasteiger partial charge in [-0.1, -0.05) is 0 Å². The van der Waals surface area contributed by atoms with Crippen LogP contribution in [0.4, 0.5) is 30.2 Å². The summed E-state index contributed by atoms with van der Waals surface area (Å²) in [6, 6.07) is 9.22. The van der Waals surface area contributed by atoms with Crippen LogP contribution in [0.1, 0.15) is 25.0 Å². The summed E-state index contributed by atoms with van der Waals surface area (Å²) in [6.45, 7) is 3.82. The summed E-state index contributed by atoms with van der Waals surface area (Å²) in [7, 11) is 0. The van der Waals surface area contributed by atoms with Gasteiger partial charge in [0.2, 0.25) is 11.8 Å². The van der Waals surface area contributed by atoms with E-state index in [0.29, 0.717) is 6.54 Å². The lowest BCUT2D eigenvalue weighted by atomic mass is 10.1. The summed E-state index contributed by atoms with van der Waals surface area (Å²) >= 11 is 0. The number of halogens is 3. The number of nitrogens with zero attached hydrogens (tertiary/aromatic N) is 1. The number of anilines is 3. The van der Waals surface area contributed by atoms with E-state index in [2.05, 4.69) is 10.6 Å². The fourth-order valence-corrected chi connectivity index (χ4v) is 3.13. The minimum Gasteiger partial charge on any atom is -0.374 e. The van der Waals surface area contributed by atoms with Crippen molar-refractivity contribution >= 4 is 28.9 Å². The van der Waals surface area contributed by atoms with Crippen LogP contribution >= 0.6 is 0 Å². The Labute approximate surface area is 160 Å². The number of alkyl halides is 3. The Bertz CT molecular complexity index is 895. The molecule has 0 spiro atoms. The van der Waals surface area contributed by atoms with Gasteiger partial charge in [0.25, 0.3) is 0 Å². The molecule has 1 aliphatic rings. The van der Waals surface area contributed by atoms with Crippen LogP contribution in [0.2, 0.25) is 0 Å². The van der Waals surface area contributed by atoms with E-state index in [4.69, 9.17) is 0 Å². The molecule has 28 heavy (non-hydrogen) atoms. The highest BCUT2D eigenvalue weighted by Gasteiger charge is 2.30. The molecular weight excluding hydrogens is 371 g/mol. The van der Waals surface area contributed by atoms with Gasteiger partial charge in [0.15, 0.2) is 0 Å². The molecule has 0 fully saturated rings. The monoisotopic (exact) mass is 391 g/mol. The molecule has 0 saturated heterocycles. The fourth-order valence-electron chi connectivity index (χ4n) is 3.13. The van der Waals surface area contributed by atoms with E-state index in [1.165, 1.54) is 19.1 Å². The summed E-state index contributed by atoms with van der Waals surface area (Å²) in [6.07, 6.45) is -3.67. The topological polar surface area (TPSA) is 61.4 Å². The maximum Gasteiger partial charge on any atom is 0.416 e. The number of carbonyl (C=O) groups excluding carboxylic acids is 2. The number of benzene rings is 2. The number of amides is 2. The lowest BCUT2D eigenvalue weighted by Crippen LogP contribution is -2.31. The standard InChI is InChI=1S/C20H20F3N3O2/c1-12(19(28)25-16-5-3-15(4-6-16)20(21,22)23)24-17-7-8-18-14(11-17)9-10-26(18)13(2)27/h3-8,11-12,24H,9-10H2,1-2H3,(H,25,28)/t12-/m1/s1. The molecule has 1 atom stereocenters. The molecule has 2 N–H and O–H groups in total. The van der Waals surface area contributed by atoms with Crippen molar-refractivity contribution in [1.29, 1.82) is 0 Å². The molecule has 148 valence electrons. The molecule has 3 rings (SSSR count). The lowest BCUT2D eigenvalue weighted by Gasteiger charge is -2.18. The lowest BCUT2D eigenvalue weighted by molar-refractivity contribution is -0.137. The molecule has 1 heterocycles. The minimum atomic E-state index is -4.41. The minimum absolute atomic E-state index is 0.0104. The number of hydrogen-bond donors (Lipinski definition) is 2. The van der Waals surface area contributed by atoms with Crippen LogP contribution in [0.15, 0.2) is 42.5 Å². The SMILES string of the molecule is CC(=O)N1CCc2cc(N[C@H](C)C(=O)Nc3ccc(C(F)(F)F)cc3)ccc21. The van der Waals surface area contributed by atoms with Crippen LogP contribution in [-0.2, 0) is 22.2 Å². The van der Waals surface area contributed by atoms with Crippen LogP contribution in [0.3, 0.4) is 0 Å². The second-order valence-corrected chi connectivity index (χ2v) is 6.69. The maximum absolute atomic E-state index is 12.6. The summed E-state index contributed by atoms with van der Waals surface area (Å²) in [5, 5.41) is 5.67. The number of rotatable bonds is 4. The van der Waals surface area contributed by atoms with Crippen molar-refractivity contribution in [3.8, 4) is 0 Å². The van der Waals surface area contributed by atoms with E-state index >= 15 is 0 Å². The quantitative estimate of drug-likeness (QED) is 0.827. The van der Waals surface area contributed by atoms with Crippen molar-refractivity contribution in [2.45, 2.75) is 32.5 Å². The second-order valence-electron chi connectivity index (χ2n) is 6.69. The Morgan fingerprint density at radius 2 is 1.71 bits per heavy atom. The number of hydrogen-bond acceptors (Lipinski definition) is 3. The van der Waals surface area contributed by atoms with Gasteiger partial charge < -0.3 is 15.5 Å². The molecule has 2 aromatic carbocycles. The Hall–Kier alpha value is -3.03. The predicted molar refractivity (Wildman–Crippen MR) is 101 cm³/mol. The highest BCUT2D eigenvalue weighted by molar-refractivity contribution is 5.97. The van der Waals surface area contributed by atoms with E-state index in [9.17, 15) is 22.8 Å². The van der Waals surface area contributed by atoms with Gasteiger partial charge >= 0.3 is 6.18 Å². The zero-order chi connectivity index (χ0) is 20.5. The summed E-state index contributed by atoms with van der Waals surface area (Å²) in [5.41, 5.74) is 2.15. The molecule has 0 aromatic heterocycles. The number of carbonyl (C=O) groups is 2. The summed E-state index contributed by atoms with van der Waals surface area (Å²) in [4.78, 5) is 25.6. The zero-order valence-electron chi connectivity index (χ0n) is 15.4. The van der Waals surface area contributed by atoms with Gasteiger partial charge in [0.05, 0.1) is 5.56 Å². The molecule has 1 aliphatic heterocycles. The third-order valence-corrected chi connectivity index (χ3v) is 4.61. The van der Waals surface area contributed by atoms with Gasteiger partial charge in [-0.25, -0.2) is 0 Å². The fraction of sp³-hybridized carbons (Fsp3) is 0.300. The van der Waals surface area contributed by atoms with E-state index in [-0.39, 0.29) is 17.5 Å². The van der Waals surface area contributed by atoms with Crippen molar-refractivity contribution in [2.75, 3.05) is 22.1 Å². The van der Waals surface area contributed by atoms with Crippen molar-refractivity contribution in [3.05, 3.63) is 53.6 Å². The highest BCUT2D eigenvalue weighted by Crippen LogP contribution is 2.31. The molecule has 0 bridgehead atoms. The van der Waals surface area contributed by atoms with Crippen LogP contribution in [-0.4, -0.2) is 24.4 Å². The first-order valence-electron chi connectivity index (χ1n) is 8.81. The third kappa shape index (κ3) is 4.27. The van der Waals surface area contributed by atoms with Gasteiger partial charge in [0, 0.05) is 30.5 Å². The van der Waals surface area contributed by atoms with Crippen molar-refractivity contribution in [2.24, 2.45) is 0 Å². The maximum atomic E-state index is 12.6. The first kappa shape index (κ1) is 19.7. The average Bonchev–Trinajstić information content (AvgIpc) is 3.04. The Morgan fingerprint density at radius 1 is 1.07 bits per heavy atom. The van der Waals surface area contributed by atoms with E-state index in [1.807, 2.05) is 12.1 Å². The van der Waals surface area contributed by atoms with Crippen LogP contribution in [0, 0.1) is 0 Å². The molecule has 2 amide bonds. The third-order valence-electron chi connectivity index (χ3n) is 4.61.